The van der Waals surface area contributed by atoms with Gasteiger partial charge in [0.15, 0.2) is 0 Å². The highest BCUT2D eigenvalue weighted by Crippen LogP contribution is 2.25. The summed E-state index contributed by atoms with van der Waals surface area (Å²) in [6.07, 6.45) is 4.76. The molecule has 5 aromatic rings. The van der Waals surface area contributed by atoms with Crippen LogP contribution in [-0.2, 0) is 6.42 Å². The third-order valence-electron chi connectivity index (χ3n) is 5.87. The Kier molecular flexibility index (Phi) is 6.86. The Morgan fingerprint density at radius 1 is 0.647 bits per heavy atom. The first-order valence-corrected chi connectivity index (χ1v) is 11.7. The maximum Gasteiger partial charge on any atom is 0.391 e. The molecule has 0 fully saturated rings. The van der Waals surface area contributed by atoms with Gasteiger partial charge in [-0.05, 0) is 60.2 Å². The van der Waals surface area contributed by atoms with E-state index in [9.17, 15) is 0 Å². The molecule has 0 amide bonds. The van der Waals surface area contributed by atoms with Crippen molar-refractivity contribution in [2.45, 2.75) is 19.2 Å². The van der Waals surface area contributed by atoms with E-state index in [-0.39, 0.29) is 6.92 Å². The molecule has 0 aliphatic heterocycles. The molecule has 0 saturated heterocycles. The Bertz CT molecular complexity index is 1320. The molecule has 0 aliphatic rings. The van der Waals surface area contributed by atoms with E-state index in [0.29, 0.717) is 0 Å². The number of rotatable bonds is 9. The Labute approximate surface area is 201 Å². The van der Waals surface area contributed by atoms with Gasteiger partial charge in [0.1, 0.15) is 22.8 Å². The Morgan fingerprint density at radius 2 is 1.35 bits per heavy atom. The van der Waals surface area contributed by atoms with Crippen molar-refractivity contribution in [1.29, 1.82) is 0 Å². The average molecular weight is 443 g/mol. The first kappa shape index (κ1) is 21.8. The van der Waals surface area contributed by atoms with Gasteiger partial charge in [-0.25, -0.2) is 0 Å². The number of hydrogen-bond acceptors (Lipinski definition) is 3. The summed E-state index contributed by atoms with van der Waals surface area (Å²) >= 11 is 0. The van der Waals surface area contributed by atoms with Crippen molar-refractivity contribution in [2.75, 3.05) is 0 Å². The van der Waals surface area contributed by atoms with E-state index >= 15 is 0 Å². The molecule has 166 valence electrons. The lowest BCUT2D eigenvalue weighted by molar-refractivity contribution is 0.483. The van der Waals surface area contributed by atoms with Crippen LogP contribution >= 0.6 is 0 Å². The van der Waals surface area contributed by atoms with Crippen LogP contribution in [0.1, 0.15) is 12.0 Å². The Morgan fingerprint density at radius 3 is 2.15 bits per heavy atom. The van der Waals surface area contributed by atoms with Crippen molar-refractivity contribution >= 4 is 23.3 Å². The molecule has 0 bridgehead atoms. The van der Waals surface area contributed by atoms with Crippen LogP contribution in [0.4, 0.5) is 0 Å². The van der Waals surface area contributed by atoms with Gasteiger partial charge in [0.25, 0.3) is 0 Å². The topological polar surface area (TPSA) is 31.4 Å². The van der Waals surface area contributed by atoms with Gasteiger partial charge in [-0.2, -0.15) is 0 Å². The fourth-order valence-corrected chi connectivity index (χ4v) is 4.13. The van der Waals surface area contributed by atoms with Crippen LogP contribution < -0.4 is 14.9 Å². The van der Waals surface area contributed by atoms with Gasteiger partial charge >= 0.3 is 6.92 Å². The van der Waals surface area contributed by atoms with E-state index in [2.05, 4.69) is 59.6 Å². The minimum Gasteiger partial charge on any atom is -0.554 e. The van der Waals surface area contributed by atoms with Crippen molar-refractivity contribution in [3.05, 3.63) is 127 Å². The SMILES string of the molecule is c1ccc(CCCB(Oc2cccc3cccnc23)c2ccc(Oc3ccccc3)cc2)cc1. The molecular formula is C30H26BNO2. The molecule has 0 unspecified atom stereocenters. The molecule has 1 heterocycles. The quantitative estimate of drug-likeness (QED) is 0.231. The summed E-state index contributed by atoms with van der Waals surface area (Å²) < 4.78 is 12.6. The first-order chi connectivity index (χ1) is 16.8. The molecule has 5 rings (SSSR count). The van der Waals surface area contributed by atoms with Crippen molar-refractivity contribution in [2.24, 2.45) is 0 Å². The van der Waals surface area contributed by atoms with Crippen molar-refractivity contribution in [3.63, 3.8) is 0 Å². The van der Waals surface area contributed by atoms with E-state index in [0.717, 1.165) is 52.8 Å². The van der Waals surface area contributed by atoms with Gasteiger partial charge in [0, 0.05) is 11.6 Å². The number of ether oxygens (including phenoxy) is 1. The van der Waals surface area contributed by atoms with Crippen LogP contribution in [0, 0.1) is 0 Å². The Hall–Kier alpha value is -4.05. The average Bonchev–Trinajstić information content (AvgIpc) is 2.90. The summed E-state index contributed by atoms with van der Waals surface area (Å²) in [6, 6.07) is 38.8. The van der Waals surface area contributed by atoms with Gasteiger partial charge in [0.2, 0.25) is 0 Å². The highest BCUT2D eigenvalue weighted by molar-refractivity contribution is 6.68. The molecule has 0 N–H and O–H groups in total. The number of nitrogens with zero attached hydrogens (tertiary/aromatic N) is 1. The summed E-state index contributed by atoms with van der Waals surface area (Å²) in [6.45, 7) is -0.0814. The number of para-hydroxylation sites is 2. The maximum atomic E-state index is 6.61. The summed E-state index contributed by atoms with van der Waals surface area (Å²) in [5.41, 5.74) is 3.36. The molecular weight excluding hydrogens is 417 g/mol. The molecule has 0 atom stereocenters. The fraction of sp³-hybridized carbons (Fsp3) is 0.100. The number of benzene rings is 4. The fourth-order valence-electron chi connectivity index (χ4n) is 4.13. The second kappa shape index (κ2) is 10.7. The largest absolute Gasteiger partial charge is 0.554 e. The monoisotopic (exact) mass is 443 g/mol. The lowest BCUT2D eigenvalue weighted by atomic mass is 9.57. The molecule has 4 aromatic carbocycles. The minimum atomic E-state index is -0.0814. The molecule has 34 heavy (non-hydrogen) atoms. The molecule has 3 nitrogen and oxygen atoms in total. The maximum absolute atomic E-state index is 6.61. The second-order valence-corrected chi connectivity index (χ2v) is 8.30. The predicted molar refractivity (Wildman–Crippen MR) is 140 cm³/mol. The minimum absolute atomic E-state index is 0.0814. The smallest absolute Gasteiger partial charge is 0.391 e. The summed E-state index contributed by atoms with van der Waals surface area (Å²) in [5.74, 6) is 2.45. The highest BCUT2D eigenvalue weighted by atomic mass is 16.5. The number of hydrogen-bond donors (Lipinski definition) is 0. The zero-order valence-corrected chi connectivity index (χ0v) is 19.0. The van der Waals surface area contributed by atoms with Crippen LogP contribution in [0.2, 0.25) is 6.32 Å². The summed E-state index contributed by atoms with van der Waals surface area (Å²) in [4.78, 5) is 4.57. The van der Waals surface area contributed by atoms with Gasteiger partial charge in [0.05, 0.1) is 0 Å². The van der Waals surface area contributed by atoms with E-state index < -0.39 is 0 Å². The van der Waals surface area contributed by atoms with Gasteiger partial charge in [-0.15, -0.1) is 0 Å². The molecule has 1 aromatic heterocycles. The van der Waals surface area contributed by atoms with Crippen LogP contribution in [0.25, 0.3) is 10.9 Å². The van der Waals surface area contributed by atoms with E-state index in [4.69, 9.17) is 9.39 Å². The van der Waals surface area contributed by atoms with Crippen molar-refractivity contribution in [3.8, 4) is 17.2 Å². The standard InChI is InChI=1S/C30H26BNO2/c1-3-10-24(11-4-1)12-8-22-31(34-29-17-7-13-25-14-9-23-32-30(25)29)26-18-20-28(21-19-26)33-27-15-5-2-6-16-27/h1-7,9-11,13-21,23H,8,12,22H2. The normalized spacial score (nSPS) is 10.7. The van der Waals surface area contributed by atoms with Gasteiger partial charge in [-0.1, -0.05) is 85.3 Å². The van der Waals surface area contributed by atoms with Crippen LogP contribution in [0.5, 0.6) is 17.2 Å². The van der Waals surface area contributed by atoms with E-state index in [1.54, 1.807) is 0 Å². The van der Waals surface area contributed by atoms with E-state index in [1.807, 2.05) is 66.9 Å². The third kappa shape index (κ3) is 5.47. The van der Waals surface area contributed by atoms with Crippen LogP contribution in [-0.4, -0.2) is 11.9 Å². The number of aromatic nitrogens is 1. The highest BCUT2D eigenvalue weighted by Gasteiger charge is 2.22. The van der Waals surface area contributed by atoms with Gasteiger partial charge in [-0.3, -0.25) is 4.98 Å². The summed E-state index contributed by atoms with van der Waals surface area (Å²) in [7, 11) is 0. The van der Waals surface area contributed by atoms with Crippen LogP contribution in [0.3, 0.4) is 0 Å². The molecule has 0 spiro atoms. The van der Waals surface area contributed by atoms with Gasteiger partial charge < -0.3 is 9.39 Å². The van der Waals surface area contributed by atoms with E-state index in [1.165, 1.54) is 5.56 Å². The lowest BCUT2D eigenvalue weighted by Gasteiger charge is -2.18. The summed E-state index contributed by atoms with van der Waals surface area (Å²) in [5, 5.41) is 1.08. The molecule has 4 heteroatoms. The third-order valence-corrected chi connectivity index (χ3v) is 5.87. The lowest BCUT2D eigenvalue weighted by Crippen LogP contribution is -2.36. The predicted octanol–water partition coefficient (Wildman–Crippen LogP) is 6.94. The zero-order chi connectivity index (χ0) is 23.0. The zero-order valence-electron chi connectivity index (χ0n) is 19.0. The van der Waals surface area contributed by atoms with Crippen LogP contribution in [0.15, 0.2) is 121 Å². The molecule has 0 radical (unpaired) electrons. The van der Waals surface area contributed by atoms with Crippen molar-refractivity contribution < 1.29 is 9.39 Å². The number of pyridine rings is 1. The molecule has 0 aliphatic carbocycles. The molecule has 0 saturated carbocycles. The Balaban J connectivity index is 1.36. The number of aryl methyl sites for hydroxylation is 1. The van der Waals surface area contributed by atoms with Crippen molar-refractivity contribution in [1.82, 2.24) is 4.98 Å². The second-order valence-electron chi connectivity index (χ2n) is 8.30. The number of fused-ring (bicyclic) bond motifs is 1. The first-order valence-electron chi connectivity index (χ1n) is 11.7.